The van der Waals surface area contributed by atoms with Crippen LogP contribution in [0, 0.1) is 5.92 Å². The van der Waals surface area contributed by atoms with E-state index in [1.807, 2.05) is 0 Å². The molecule has 1 atom stereocenters. The van der Waals surface area contributed by atoms with E-state index in [1.54, 1.807) is 42.5 Å². The first-order chi connectivity index (χ1) is 17.4. The summed E-state index contributed by atoms with van der Waals surface area (Å²) in [5.74, 6) is 0.774. The van der Waals surface area contributed by atoms with Crippen LogP contribution in [-0.4, -0.2) is 49.0 Å². The first-order valence-electron chi connectivity index (χ1n) is 13.0. The van der Waals surface area contributed by atoms with Crippen molar-refractivity contribution in [2.45, 2.75) is 64.9 Å². The molecule has 1 aliphatic heterocycles. The lowest BCUT2D eigenvalue weighted by molar-refractivity contribution is -0.147. The number of piperidine rings is 1. The van der Waals surface area contributed by atoms with Crippen molar-refractivity contribution >= 4 is 35.0 Å². The van der Waals surface area contributed by atoms with Crippen LogP contribution in [0.15, 0.2) is 42.5 Å². The second kappa shape index (κ2) is 14.6. The maximum absolute atomic E-state index is 12.7. The number of esters is 1. The summed E-state index contributed by atoms with van der Waals surface area (Å²) in [7, 11) is 0. The highest BCUT2D eigenvalue weighted by Crippen LogP contribution is 2.27. The van der Waals surface area contributed by atoms with Gasteiger partial charge in [0.05, 0.1) is 11.6 Å². The van der Waals surface area contributed by atoms with Crippen LogP contribution in [0.2, 0.25) is 10.0 Å². The molecule has 0 saturated carbocycles. The molecular formula is C29H37Cl2NO4. The van der Waals surface area contributed by atoms with Crippen molar-refractivity contribution < 1.29 is 19.1 Å². The molecule has 2 aromatic carbocycles. The summed E-state index contributed by atoms with van der Waals surface area (Å²) in [6.07, 6.45) is 7.68. The van der Waals surface area contributed by atoms with E-state index in [2.05, 4.69) is 11.8 Å². The molecule has 0 aromatic heterocycles. The van der Waals surface area contributed by atoms with Gasteiger partial charge in [0.15, 0.2) is 5.78 Å². The predicted molar refractivity (Wildman–Crippen MR) is 145 cm³/mol. The normalized spacial score (nSPS) is 15.4. The van der Waals surface area contributed by atoms with E-state index in [0.29, 0.717) is 39.4 Å². The van der Waals surface area contributed by atoms with Crippen molar-refractivity contribution in [2.24, 2.45) is 5.92 Å². The number of ether oxygens (including phenoxy) is 2. The number of halogens is 2. The van der Waals surface area contributed by atoms with Crippen LogP contribution in [0.25, 0.3) is 0 Å². The monoisotopic (exact) mass is 533 g/mol. The summed E-state index contributed by atoms with van der Waals surface area (Å²) < 4.78 is 11.6. The van der Waals surface area contributed by atoms with Crippen LogP contribution >= 0.6 is 23.2 Å². The highest BCUT2D eigenvalue weighted by Gasteiger charge is 2.23. The van der Waals surface area contributed by atoms with Crippen molar-refractivity contribution in [1.82, 2.24) is 4.90 Å². The molecule has 3 rings (SSSR count). The molecule has 0 unspecified atom stereocenters. The average molecular weight is 535 g/mol. The Bertz CT molecular complexity index is 987. The van der Waals surface area contributed by atoms with E-state index in [1.165, 1.54) is 26.2 Å². The molecule has 1 aliphatic rings. The van der Waals surface area contributed by atoms with Gasteiger partial charge in [0.25, 0.3) is 0 Å². The molecule has 7 heteroatoms. The Balaban J connectivity index is 1.44. The molecule has 2 aromatic rings. The van der Waals surface area contributed by atoms with Crippen LogP contribution in [0.1, 0.15) is 74.7 Å². The zero-order valence-corrected chi connectivity index (χ0v) is 22.8. The SMILES string of the molecule is CCCCCC[C@@H](CN1CCC(COc2ccc(C(=O)c3ccc(Cl)cc3)c(Cl)c2)CC1)OC(C)=O. The van der Waals surface area contributed by atoms with Gasteiger partial charge in [-0.05, 0) is 87.2 Å². The van der Waals surface area contributed by atoms with Gasteiger partial charge in [0.2, 0.25) is 0 Å². The fraction of sp³-hybridized carbons (Fsp3) is 0.517. The van der Waals surface area contributed by atoms with E-state index in [0.717, 1.165) is 45.3 Å². The third-order valence-corrected chi connectivity index (χ3v) is 7.22. The molecule has 0 aliphatic carbocycles. The van der Waals surface area contributed by atoms with Gasteiger partial charge in [0.1, 0.15) is 11.9 Å². The van der Waals surface area contributed by atoms with Crippen LogP contribution in [0.5, 0.6) is 5.75 Å². The van der Waals surface area contributed by atoms with E-state index in [-0.39, 0.29) is 17.9 Å². The molecule has 1 fully saturated rings. The number of hydrogen-bond acceptors (Lipinski definition) is 5. The maximum atomic E-state index is 12.7. The van der Waals surface area contributed by atoms with Gasteiger partial charge in [-0.3, -0.25) is 14.5 Å². The Morgan fingerprint density at radius 1 is 1.03 bits per heavy atom. The van der Waals surface area contributed by atoms with Crippen LogP contribution in [-0.2, 0) is 9.53 Å². The number of benzene rings is 2. The summed E-state index contributed by atoms with van der Waals surface area (Å²) in [4.78, 5) is 26.7. The quantitative estimate of drug-likeness (QED) is 0.154. The standard InChI is InChI=1S/C29H37Cl2NO4/c1-3-4-5-6-7-26(36-21(2)33)19-32-16-14-22(15-17-32)20-35-25-12-13-27(28(31)18-25)29(34)23-8-10-24(30)11-9-23/h8-13,18,22,26H,3-7,14-17,19-20H2,1-2H3/t26-/m0/s1. The Hall–Kier alpha value is -2.08. The summed E-state index contributed by atoms with van der Waals surface area (Å²) >= 11 is 12.3. The summed E-state index contributed by atoms with van der Waals surface area (Å²) in [5, 5.41) is 0.955. The molecule has 0 bridgehead atoms. The van der Waals surface area contributed by atoms with Gasteiger partial charge >= 0.3 is 5.97 Å². The highest BCUT2D eigenvalue weighted by molar-refractivity contribution is 6.35. The van der Waals surface area contributed by atoms with Crippen molar-refractivity contribution in [2.75, 3.05) is 26.2 Å². The molecule has 1 saturated heterocycles. The Morgan fingerprint density at radius 3 is 2.39 bits per heavy atom. The number of carbonyl (C=O) groups excluding carboxylic acids is 2. The maximum Gasteiger partial charge on any atom is 0.302 e. The lowest BCUT2D eigenvalue weighted by Gasteiger charge is -2.34. The third kappa shape index (κ3) is 9.10. The Labute approximate surface area is 225 Å². The van der Waals surface area contributed by atoms with Crippen molar-refractivity contribution in [1.29, 1.82) is 0 Å². The van der Waals surface area contributed by atoms with Crippen molar-refractivity contribution in [3.8, 4) is 5.75 Å². The van der Waals surface area contributed by atoms with Gasteiger partial charge < -0.3 is 9.47 Å². The van der Waals surface area contributed by atoms with E-state index < -0.39 is 0 Å². The summed E-state index contributed by atoms with van der Waals surface area (Å²) in [5.41, 5.74) is 0.982. The van der Waals surface area contributed by atoms with Crippen LogP contribution in [0.3, 0.4) is 0 Å². The molecule has 0 radical (unpaired) electrons. The van der Waals surface area contributed by atoms with Gasteiger partial charge in [0, 0.05) is 29.6 Å². The molecule has 5 nitrogen and oxygen atoms in total. The molecule has 196 valence electrons. The molecule has 0 spiro atoms. The number of rotatable bonds is 13. The van der Waals surface area contributed by atoms with E-state index in [4.69, 9.17) is 32.7 Å². The van der Waals surface area contributed by atoms with E-state index >= 15 is 0 Å². The van der Waals surface area contributed by atoms with Gasteiger partial charge in [-0.1, -0.05) is 49.4 Å². The highest BCUT2D eigenvalue weighted by atomic mass is 35.5. The second-order valence-corrected chi connectivity index (χ2v) is 10.5. The third-order valence-electron chi connectivity index (χ3n) is 6.66. The fourth-order valence-electron chi connectivity index (χ4n) is 4.59. The Kier molecular flexibility index (Phi) is 11.6. The molecule has 0 amide bonds. The summed E-state index contributed by atoms with van der Waals surface area (Å²) in [6, 6.07) is 12.0. The first kappa shape index (κ1) is 28.5. The lowest BCUT2D eigenvalue weighted by atomic mass is 9.97. The number of carbonyl (C=O) groups is 2. The number of unbranched alkanes of at least 4 members (excludes halogenated alkanes) is 3. The van der Waals surface area contributed by atoms with Gasteiger partial charge in [-0.15, -0.1) is 0 Å². The zero-order chi connectivity index (χ0) is 25.9. The van der Waals surface area contributed by atoms with Gasteiger partial charge in [-0.25, -0.2) is 0 Å². The van der Waals surface area contributed by atoms with Crippen molar-refractivity contribution in [3.63, 3.8) is 0 Å². The topological polar surface area (TPSA) is 55.8 Å². The minimum Gasteiger partial charge on any atom is -0.493 e. The first-order valence-corrected chi connectivity index (χ1v) is 13.7. The van der Waals surface area contributed by atoms with Crippen molar-refractivity contribution in [3.05, 3.63) is 63.6 Å². The molecular weight excluding hydrogens is 497 g/mol. The number of nitrogens with zero attached hydrogens (tertiary/aromatic N) is 1. The minimum absolute atomic E-state index is 0.0246. The Morgan fingerprint density at radius 2 is 1.75 bits per heavy atom. The number of hydrogen-bond donors (Lipinski definition) is 0. The smallest absolute Gasteiger partial charge is 0.302 e. The second-order valence-electron chi connectivity index (χ2n) is 9.61. The number of likely N-dealkylation sites (tertiary alicyclic amines) is 1. The molecule has 1 heterocycles. The molecule has 36 heavy (non-hydrogen) atoms. The summed E-state index contributed by atoms with van der Waals surface area (Å²) in [6.45, 7) is 7.04. The average Bonchev–Trinajstić information content (AvgIpc) is 2.86. The number of ketones is 1. The molecule has 0 N–H and O–H groups in total. The van der Waals surface area contributed by atoms with E-state index in [9.17, 15) is 9.59 Å². The van der Waals surface area contributed by atoms with Crippen LogP contribution < -0.4 is 4.74 Å². The zero-order valence-electron chi connectivity index (χ0n) is 21.3. The van der Waals surface area contributed by atoms with Crippen LogP contribution in [0.4, 0.5) is 0 Å². The minimum atomic E-state index is -0.196. The fourth-order valence-corrected chi connectivity index (χ4v) is 4.97. The predicted octanol–water partition coefficient (Wildman–Crippen LogP) is 7.22. The largest absolute Gasteiger partial charge is 0.493 e. The lowest BCUT2D eigenvalue weighted by Crippen LogP contribution is -2.41. The van der Waals surface area contributed by atoms with Gasteiger partial charge in [-0.2, -0.15) is 0 Å².